The molecule has 0 bridgehead atoms. The van der Waals surface area contributed by atoms with Crippen molar-refractivity contribution in [3.05, 3.63) is 29.8 Å². The van der Waals surface area contributed by atoms with E-state index in [4.69, 9.17) is 5.14 Å². The quantitative estimate of drug-likeness (QED) is 0.684. The van der Waals surface area contributed by atoms with Gasteiger partial charge in [0, 0.05) is 18.4 Å². The van der Waals surface area contributed by atoms with Crippen LogP contribution >= 0.6 is 0 Å². The number of nitrogens with one attached hydrogen (secondary N) is 1. The maximum Gasteiger partial charge on any atom is 0.251 e. The predicted molar refractivity (Wildman–Crippen MR) is 74.5 cm³/mol. The van der Waals surface area contributed by atoms with Crippen molar-refractivity contribution >= 4 is 25.8 Å². The van der Waals surface area contributed by atoms with Gasteiger partial charge in [-0.2, -0.15) is 0 Å². The number of sulfonamides is 1. The Kier molecular flexibility index (Phi) is 5.26. The van der Waals surface area contributed by atoms with E-state index >= 15 is 0 Å². The van der Waals surface area contributed by atoms with Crippen LogP contribution in [0.25, 0.3) is 0 Å². The number of sulfone groups is 1. The molecule has 1 aromatic carbocycles. The van der Waals surface area contributed by atoms with Crippen LogP contribution in [0.4, 0.5) is 0 Å². The number of benzene rings is 1. The van der Waals surface area contributed by atoms with Crippen LogP contribution in [-0.2, 0) is 19.9 Å². The number of nitrogens with two attached hydrogens (primary N) is 1. The van der Waals surface area contributed by atoms with E-state index in [1.807, 2.05) is 0 Å². The fourth-order valence-corrected chi connectivity index (χ4v) is 2.66. The molecule has 0 unspecified atom stereocenters. The number of hydrogen-bond acceptors (Lipinski definition) is 5. The summed E-state index contributed by atoms with van der Waals surface area (Å²) in [5.41, 5.74) is 0.198. The second-order valence-corrected chi connectivity index (χ2v) is 8.03. The SMILES string of the molecule is CS(=O)(=O)c1cccc(C(=O)NCCCS(N)(=O)=O)c1. The van der Waals surface area contributed by atoms with E-state index in [2.05, 4.69) is 5.32 Å². The lowest BCUT2D eigenvalue weighted by molar-refractivity contribution is 0.0953. The van der Waals surface area contributed by atoms with Crippen LogP contribution in [0.3, 0.4) is 0 Å². The second kappa shape index (κ2) is 6.33. The molecule has 0 aromatic heterocycles. The van der Waals surface area contributed by atoms with E-state index in [-0.39, 0.29) is 29.2 Å². The summed E-state index contributed by atoms with van der Waals surface area (Å²) < 4.78 is 44.1. The van der Waals surface area contributed by atoms with Gasteiger partial charge in [-0.05, 0) is 24.6 Å². The molecule has 0 aliphatic carbocycles. The molecule has 0 aliphatic rings. The van der Waals surface area contributed by atoms with Crippen molar-refractivity contribution in [2.45, 2.75) is 11.3 Å². The molecule has 7 nitrogen and oxygen atoms in total. The largest absolute Gasteiger partial charge is 0.352 e. The monoisotopic (exact) mass is 320 g/mol. The third-order valence-electron chi connectivity index (χ3n) is 2.42. The zero-order valence-corrected chi connectivity index (χ0v) is 12.5. The number of rotatable bonds is 6. The minimum absolute atomic E-state index is 0.0506. The molecule has 0 atom stereocenters. The van der Waals surface area contributed by atoms with Crippen LogP contribution in [0.5, 0.6) is 0 Å². The minimum Gasteiger partial charge on any atom is -0.352 e. The Labute approximate surface area is 118 Å². The van der Waals surface area contributed by atoms with E-state index in [1.54, 1.807) is 0 Å². The summed E-state index contributed by atoms with van der Waals surface area (Å²) in [6.07, 6.45) is 1.24. The summed E-state index contributed by atoms with van der Waals surface area (Å²) >= 11 is 0. The molecule has 112 valence electrons. The van der Waals surface area contributed by atoms with Gasteiger partial charge in [0.2, 0.25) is 10.0 Å². The van der Waals surface area contributed by atoms with Crippen molar-refractivity contribution in [2.24, 2.45) is 5.14 Å². The molecule has 0 heterocycles. The lowest BCUT2D eigenvalue weighted by Gasteiger charge is -2.06. The highest BCUT2D eigenvalue weighted by Crippen LogP contribution is 2.11. The van der Waals surface area contributed by atoms with Crippen LogP contribution in [0.15, 0.2) is 29.2 Å². The molecule has 0 aliphatic heterocycles. The molecule has 3 N–H and O–H groups in total. The number of primary sulfonamides is 1. The van der Waals surface area contributed by atoms with Crippen molar-refractivity contribution in [3.63, 3.8) is 0 Å². The Morgan fingerprint density at radius 2 is 1.90 bits per heavy atom. The molecule has 1 rings (SSSR count). The van der Waals surface area contributed by atoms with Crippen molar-refractivity contribution < 1.29 is 21.6 Å². The fourth-order valence-electron chi connectivity index (χ4n) is 1.45. The van der Waals surface area contributed by atoms with Crippen LogP contribution in [-0.4, -0.2) is 41.3 Å². The van der Waals surface area contributed by atoms with Gasteiger partial charge in [0.05, 0.1) is 10.6 Å². The van der Waals surface area contributed by atoms with Gasteiger partial charge in [-0.25, -0.2) is 22.0 Å². The molecule has 0 saturated heterocycles. The van der Waals surface area contributed by atoms with E-state index in [9.17, 15) is 21.6 Å². The summed E-state index contributed by atoms with van der Waals surface area (Å²) in [7, 11) is -6.92. The topological polar surface area (TPSA) is 123 Å². The molecule has 0 saturated carbocycles. The molecule has 0 spiro atoms. The van der Waals surface area contributed by atoms with Gasteiger partial charge in [-0.1, -0.05) is 6.07 Å². The molecular weight excluding hydrogens is 304 g/mol. The maximum atomic E-state index is 11.8. The molecule has 9 heteroatoms. The van der Waals surface area contributed by atoms with E-state index in [1.165, 1.54) is 24.3 Å². The Bertz CT molecular complexity index is 695. The van der Waals surface area contributed by atoms with Crippen molar-refractivity contribution in [2.75, 3.05) is 18.6 Å². The first kappa shape index (κ1) is 16.6. The van der Waals surface area contributed by atoms with Crippen LogP contribution in [0.2, 0.25) is 0 Å². The van der Waals surface area contributed by atoms with E-state index in [0.29, 0.717) is 0 Å². The minimum atomic E-state index is -3.54. The van der Waals surface area contributed by atoms with Gasteiger partial charge in [0.25, 0.3) is 5.91 Å². The summed E-state index contributed by atoms with van der Waals surface area (Å²) in [4.78, 5) is 11.8. The summed E-state index contributed by atoms with van der Waals surface area (Å²) in [6, 6.07) is 5.61. The molecule has 20 heavy (non-hydrogen) atoms. The lowest BCUT2D eigenvalue weighted by Crippen LogP contribution is -2.27. The first-order chi connectivity index (χ1) is 9.09. The number of hydrogen-bond donors (Lipinski definition) is 2. The average molecular weight is 320 g/mol. The zero-order valence-electron chi connectivity index (χ0n) is 10.9. The summed E-state index contributed by atoms with van der Waals surface area (Å²) in [5.74, 6) is -0.693. The van der Waals surface area contributed by atoms with Crippen LogP contribution in [0.1, 0.15) is 16.8 Å². The Balaban J connectivity index is 2.65. The van der Waals surface area contributed by atoms with Gasteiger partial charge in [-0.15, -0.1) is 0 Å². The second-order valence-electron chi connectivity index (χ2n) is 4.28. The Hall–Kier alpha value is -1.45. The maximum absolute atomic E-state index is 11.8. The smallest absolute Gasteiger partial charge is 0.251 e. The van der Waals surface area contributed by atoms with Gasteiger partial charge >= 0.3 is 0 Å². The van der Waals surface area contributed by atoms with Crippen molar-refractivity contribution in [1.82, 2.24) is 5.32 Å². The third-order valence-corrected chi connectivity index (χ3v) is 4.38. The van der Waals surface area contributed by atoms with Crippen LogP contribution in [0, 0.1) is 0 Å². The van der Waals surface area contributed by atoms with Gasteiger partial charge in [0.1, 0.15) is 0 Å². The van der Waals surface area contributed by atoms with Gasteiger partial charge in [0.15, 0.2) is 9.84 Å². The number of carbonyl (C=O) groups is 1. The summed E-state index contributed by atoms with van der Waals surface area (Å²) in [5, 5.41) is 7.32. The van der Waals surface area contributed by atoms with Crippen LogP contribution < -0.4 is 10.5 Å². The highest BCUT2D eigenvalue weighted by atomic mass is 32.2. The summed E-state index contributed by atoms with van der Waals surface area (Å²) in [6.45, 7) is 0.137. The van der Waals surface area contributed by atoms with Crippen molar-refractivity contribution in [1.29, 1.82) is 0 Å². The zero-order chi connectivity index (χ0) is 15.4. The number of carbonyl (C=O) groups excluding carboxylic acids is 1. The predicted octanol–water partition coefficient (Wildman–Crippen LogP) is -0.501. The lowest BCUT2D eigenvalue weighted by atomic mass is 10.2. The number of amides is 1. The van der Waals surface area contributed by atoms with E-state index < -0.39 is 25.8 Å². The van der Waals surface area contributed by atoms with Gasteiger partial charge < -0.3 is 5.32 Å². The standard InChI is InChI=1S/C11H16N2O5S2/c1-19(15,16)10-5-2-4-9(8-10)11(14)13-6-3-7-20(12,17)18/h2,4-5,8H,3,6-7H2,1H3,(H,13,14)(H2,12,17,18). The first-order valence-electron chi connectivity index (χ1n) is 5.68. The Morgan fingerprint density at radius 3 is 2.45 bits per heavy atom. The molecule has 1 aromatic rings. The first-order valence-corrected chi connectivity index (χ1v) is 9.29. The van der Waals surface area contributed by atoms with Crippen molar-refractivity contribution in [3.8, 4) is 0 Å². The highest BCUT2D eigenvalue weighted by molar-refractivity contribution is 7.90. The van der Waals surface area contributed by atoms with Gasteiger partial charge in [-0.3, -0.25) is 4.79 Å². The molecule has 0 fully saturated rings. The highest BCUT2D eigenvalue weighted by Gasteiger charge is 2.11. The Morgan fingerprint density at radius 1 is 1.25 bits per heavy atom. The third kappa shape index (κ3) is 5.68. The fraction of sp³-hybridized carbons (Fsp3) is 0.364. The molecule has 1 amide bonds. The molecular formula is C11H16N2O5S2. The normalized spacial score (nSPS) is 12.1. The average Bonchev–Trinajstić information content (AvgIpc) is 2.32. The van der Waals surface area contributed by atoms with E-state index in [0.717, 1.165) is 6.26 Å². The molecule has 0 radical (unpaired) electrons.